The smallest absolute Gasteiger partial charge is 0.261 e. The number of rotatable bonds is 7. The highest BCUT2D eigenvalue weighted by Crippen LogP contribution is 2.26. The van der Waals surface area contributed by atoms with Crippen molar-refractivity contribution in [1.29, 1.82) is 0 Å². The minimum absolute atomic E-state index is 0.0313. The molecule has 0 heterocycles. The van der Waals surface area contributed by atoms with Crippen molar-refractivity contribution < 1.29 is 9.53 Å². The van der Waals surface area contributed by atoms with Crippen LogP contribution >= 0.6 is 0 Å². The Morgan fingerprint density at radius 3 is 2.60 bits per heavy atom. The molecule has 1 N–H and O–H groups in total. The van der Waals surface area contributed by atoms with Crippen molar-refractivity contribution in [1.82, 2.24) is 5.32 Å². The average molecular weight is 337 g/mol. The predicted octanol–water partition coefficient (Wildman–Crippen LogP) is 4.08. The molecule has 3 nitrogen and oxygen atoms in total. The van der Waals surface area contributed by atoms with Crippen LogP contribution in [0.15, 0.2) is 48.5 Å². The zero-order valence-electron chi connectivity index (χ0n) is 15.0. The van der Waals surface area contributed by atoms with Crippen molar-refractivity contribution >= 4 is 5.91 Å². The average Bonchev–Trinajstić information content (AvgIpc) is 2.66. The molecule has 1 aliphatic carbocycles. The zero-order chi connectivity index (χ0) is 17.5. The number of aryl methyl sites for hydroxylation is 2. The van der Waals surface area contributed by atoms with Crippen LogP contribution in [0, 0.1) is 0 Å². The Labute approximate surface area is 150 Å². The molecular formula is C22H27NO2. The van der Waals surface area contributed by atoms with Gasteiger partial charge in [0.2, 0.25) is 0 Å². The summed E-state index contributed by atoms with van der Waals surface area (Å²) >= 11 is 0. The van der Waals surface area contributed by atoms with E-state index in [1.807, 2.05) is 31.2 Å². The fraction of sp³-hybridized carbons (Fsp3) is 0.409. The van der Waals surface area contributed by atoms with E-state index < -0.39 is 6.10 Å². The molecule has 1 atom stereocenters. The van der Waals surface area contributed by atoms with Gasteiger partial charge in [0.1, 0.15) is 5.75 Å². The summed E-state index contributed by atoms with van der Waals surface area (Å²) in [6, 6.07) is 16.5. The first-order chi connectivity index (χ1) is 12.3. The highest BCUT2D eigenvalue weighted by molar-refractivity contribution is 5.81. The molecule has 3 heteroatoms. The van der Waals surface area contributed by atoms with E-state index >= 15 is 0 Å². The first kappa shape index (κ1) is 17.5. The van der Waals surface area contributed by atoms with E-state index in [4.69, 9.17) is 4.74 Å². The Morgan fingerprint density at radius 1 is 1.08 bits per heavy atom. The molecule has 25 heavy (non-hydrogen) atoms. The third kappa shape index (κ3) is 4.85. The van der Waals surface area contributed by atoms with E-state index in [-0.39, 0.29) is 5.91 Å². The normalized spacial score (nSPS) is 14.4. The van der Waals surface area contributed by atoms with Crippen LogP contribution in [-0.2, 0) is 24.1 Å². The van der Waals surface area contributed by atoms with Gasteiger partial charge in [-0.25, -0.2) is 0 Å². The highest BCUT2D eigenvalue weighted by atomic mass is 16.5. The maximum atomic E-state index is 12.4. The number of benzene rings is 2. The minimum Gasteiger partial charge on any atom is -0.481 e. The van der Waals surface area contributed by atoms with E-state index in [0.717, 1.165) is 25.0 Å². The van der Waals surface area contributed by atoms with Crippen LogP contribution < -0.4 is 10.1 Å². The highest BCUT2D eigenvalue weighted by Gasteiger charge is 2.19. The Balaban J connectivity index is 1.53. The molecule has 1 aliphatic rings. The first-order valence-electron chi connectivity index (χ1n) is 9.36. The Kier molecular flexibility index (Phi) is 6.10. The van der Waals surface area contributed by atoms with Crippen LogP contribution in [0.1, 0.15) is 42.9 Å². The van der Waals surface area contributed by atoms with Crippen molar-refractivity contribution in [2.45, 2.75) is 51.6 Å². The van der Waals surface area contributed by atoms with Crippen molar-refractivity contribution in [3.8, 4) is 5.75 Å². The molecule has 1 amide bonds. The quantitative estimate of drug-likeness (QED) is 0.827. The predicted molar refractivity (Wildman–Crippen MR) is 101 cm³/mol. The van der Waals surface area contributed by atoms with Crippen molar-refractivity contribution in [2.24, 2.45) is 0 Å². The molecule has 0 fully saturated rings. The van der Waals surface area contributed by atoms with E-state index in [9.17, 15) is 4.79 Å². The molecule has 0 spiro atoms. The lowest BCUT2D eigenvalue weighted by Crippen LogP contribution is -2.39. The Morgan fingerprint density at radius 2 is 1.84 bits per heavy atom. The number of carbonyl (C=O) groups excluding carboxylic acids is 1. The van der Waals surface area contributed by atoms with Gasteiger partial charge < -0.3 is 10.1 Å². The van der Waals surface area contributed by atoms with Crippen molar-refractivity contribution in [3.63, 3.8) is 0 Å². The molecule has 3 rings (SSSR count). The van der Waals surface area contributed by atoms with Gasteiger partial charge in [-0.15, -0.1) is 0 Å². The number of ether oxygens (including phenoxy) is 1. The molecule has 0 bridgehead atoms. The lowest BCUT2D eigenvalue weighted by atomic mass is 9.92. The SMILES string of the molecule is CCC(Oc1ccc2c(c1)CCCC2)C(=O)NCCc1ccccc1. The van der Waals surface area contributed by atoms with Gasteiger partial charge in [0.05, 0.1) is 0 Å². The van der Waals surface area contributed by atoms with Gasteiger partial charge in [-0.2, -0.15) is 0 Å². The molecule has 0 aliphatic heterocycles. The Hall–Kier alpha value is -2.29. The molecule has 0 radical (unpaired) electrons. The molecule has 132 valence electrons. The molecule has 2 aromatic rings. The summed E-state index contributed by atoms with van der Waals surface area (Å²) in [7, 11) is 0. The summed E-state index contributed by atoms with van der Waals surface area (Å²) < 4.78 is 5.98. The summed E-state index contributed by atoms with van der Waals surface area (Å²) in [6.07, 6.45) is 5.86. The van der Waals surface area contributed by atoms with E-state index in [1.54, 1.807) is 0 Å². The van der Waals surface area contributed by atoms with E-state index in [1.165, 1.54) is 29.5 Å². The van der Waals surface area contributed by atoms with Crippen LogP contribution in [0.5, 0.6) is 5.75 Å². The second-order valence-electron chi connectivity index (χ2n) is 6.68. The van der Waals surface area contributed by atoms with Crippen molar-refractivity contribution in [2.75, 3.05) is 6.54 Å². The van der Waals surface area contributed by atoms with Gasteiger partial charge in [-0.3, -0.25) is 4.79 Å². The number of amides is 1. The number of nitrogens with one attached hydrogen (secondary N) is 1. The zero-order valence-corrected chi connectivity index (χ0v) is 15.0. The number of hydrogen-bond donors (Lipinski definition) is 1. The second kappa shape index (κ2) is 8.70. The first-order valence-corrected chi connectivity index (χ1v) is 9.36. The maximum Gasteiger partial charge on any atom is 0.261 e. The number of fused-ring (bicyclic) bond motifs is 1. The van der Waals surface area contributed by atoms with Gasteiger partial charge in [-0.1, -0.05) is 43.3 Å². The summed E-state index contributed by atoms with van der Waals surface area (Å²) in [5.41, 5.74) is 4.04. The van der Waals surface area contributed by atoms with Crippen LogP contribution in [0.2, 0.25) is 0 Å². The summed E-state index contributed by atoms with van der Waals surface area (Å²) in [4.78, 5) is 12.4. The van der Waals surface area contributed by atoms with Gasteiger partial charge in [0.15, 0.2) is 6.10 Å². The molecule has 0 aromatic heterocycles. The van der Waals surface area contributed by atoms with Gasteiger partial charge in [-0.05, 0) is 67.3 Å². The number of hydrogen-bond acceptors (Lipinski definition) is 2. The fourth-order valence-electron chi connectivity index (χ4n) is 3.36. The summed E-state index contributed by atoms with van der Waals surface area (Å²) in [5.74, 6) is 0.780. The topological polar surface area (TPSA) is 38.3 Å². The number of carbonyl (C=O) groups is 1. The fourth-order valence-corrected chi connectivity index (χ4v) is 3.36. The van der Waals surface area contributed by atoms with Crippen LogP contribution in [0.4, 0.5) is 0 Å². The largest absolute Gasteiger partial charge is 0.481 e. The van der Waals surface area contributed by atoms with Gasteiger partial charge in [0, 0.05) is 6.54 Å². The van der Waals surface area contributed by atoms with Crippen LogP contribution in [0.25, 0.3) is 0 Å². The summed E-state index contributed by atoms with van der Waals surface area (Å²) in [6.45, 7) is 2.62. The van der Waals surface area contributed by atoms with Gasteiger partial charge >= 0.3 is 0 Å². The monoisotopic (exact) mass is 337 g/mol. The molecule has 0 saturated carbocycles. The van der Waals surface area contributed by atoms with Gasteiger partial charge in [0.25, 0.3) is 5.91 Å². The van der Waals surface area contributed by atoms with E-state index in [0.29, 0.717) is 13.0 Å². The standard InChI is InChI=1S/C22H27NO2/c1-2-21(22(24)23-15-14-17-8-4-3-5-9-17)25-20-13-12-18-10-6-7-11-19(18)16-20/h3-5,8-9,12-13,16,21H,2,6-7,10-11,14-15H2,1H3,(H,23,24). The maximum absolute atomic E-state index is 12.4. The second-order valence-corrected chi connectivity index (χ2v) is 6.68. The van der Waals surface area contributed by atoms with E-state index in [2.05, 4.69) is 29.6 Å². The molecule has 0 saturated heterocycles. The lowest BCUT2D eigenvalue weighted by Gasteiger charge is -2.20. The minimum atomic E-state index is -0.433. The third-order valence-electron chi connectivity index (χ3n) is 4.82. The molecule has 2 aromatic carbocycles. The summed E-state index contributed by atoms with van der Waals surface area (Å²) in [5, 5.41) is 3.00. The molecular weight excluding hydrogens is 310 g/mol. The lowest BCUT2D eigenvalue weighted by molar-refractivity contribution is -0.128. The Bertz CT molecular complexity index is 696. The van der Waals surface area contributed by atoms with Crippen molar-refractivity contribution in [3.05, 3.63) is 65.2 Å². The van der Waals surface area contributed by atoms with Crippen LogP contribution in [0.3, 0.4) is 0 Å². The van der Waals surface area contributed by atoms with Crippen LogP contribution in [-0.4, -0.2) is 18.6 Å². The third-order valence-corrected chi connectivity index (χ3v) is 4.82. The molecule has 1 unspecified atom stereocenters.